The summed E-state index contributed by atoms with van der Waals surface area (Å²) in [6.07, 6.45) is -115. The first kappa shape index (κ1) is 115. The Balaban J connectivity index is 0.758. The Labute approximate surface area is 782 Å². The van der Waals surface area contributed by atoms with Crippen LogP contribution >= 0.6 is 7.82 Å². The van der Waals surface area contributed by atoms with Crippen molar-refractivity contribution in [2.24, 2.45) is 11.5 Å². The van der Waals surface area contributed by atoms with Gasteiger partial charge < -0.3 is 294 Å². The first-order chi connectivity index (χ1) is 65.4. The van der Waals surface area contributed by atoms with Crippen LogP contribution in [0.1, 0.15) is 25.7 Å². The highest BCUT2D eigenvalue weighted by Crippen LogP contribution is 2.47. The minimum Gasteiger partial charge on any atom is -0.479 e. The third-order valence-electron chi connectivity index (χ3n) is 25.1. The lowest BCUT2D eigenvalue weighted by molar-refractivity contribution is -0.404. The summed E-state index contributed by atoms with van der Waals surface area (Å²) in [4.78, 5) is 97.6. The second-order valence-electron chi connectivity index (χ2n) is 34.6. The molecule has 11 heterocycles. The molecular weight excluding hydrogens is 1960 g/mol. The van der Waals surface area contributed by atoms with Crippen molar-refractivity contribution in [3.8, 4) is 0 Å². The first-order valence-corrected chi connectivity index (χ1v) is 44.1. The van der Waals surface area contributed by atoms with Crippen molar-refractivity contribution < 1.29 is 321 Å². The molecule has 11 rings (SSSR count). The molecule has 0 aliphatic carbocycles. The van der Waals surface area contributed by atoms with Gasteiger partial charge >= 0.3 is 43.6 Å². The van der Waals surface area contributed by atoms with E-state index in [1.165, 1.54) is 0 Å². The second kappa shape index (κ2) is 46.8. The van der Waals surface area contributed by atoms with Gasteiger partial charge in [0.05, 0.1) is 96.0 Å². The highest BCUT2D eigenvalue weighted by Gasteiger charge is 2.67. The Morgan fingerprint density at radius 2 is 0.679 bits per heavy atom. The van der Waals surface area contributed by atoms with Crippen LogP contribution in [0.2, 0.25) is 0 Å². The summed E-state index contributed by atoms with van der Waals surface area (Å²) in [5.74, 6) is -27.0. The molecule has 0 unspecified atom stereocenters. The zero-order valence-corrected chi connectivity index (χ0v) is 72.9. The van der Waals surface area contributed by atoms with Crippen molar-refractivity contribution in [1.82, 2.24) is 0 Å². The molecule has 808 valence electrons. The Hall–Kier alpha value is -5.11. The number of aliphatic hydroxyl groups excluding tert-OH is 28. The van der Waals surface area contributed by atoms with E-state index in [4.69, 9.17) is 115 Å². The maximum Gasteiger partial charge on any atom is 0.470 e. The van der Waals surface area contributed by atoms with Crippen molar-refractivity contribution in [2.45, 2.75) is 349 Å². The van der Waals surface area contributed by atoms with E-state index in [0.717, 1.165) is 0 Å². The number of nitrogens with two attached hydrogens (primary N) is 2. The van der Waals surface area contributed by atoms with Crippen molar-refractivity contribution >= 4 is 43.6 Å². The van der Waals surface area contributed by atoms with Crippen LogP contribution in [0, 0.1) is 0 Å². The summed E-state index contributed by atoms with van der Waals surface area (Å²) in [6.45, 7) is -11.8. The third kappa shape index (κ3) is 24.4. The number of carboxylic acids is 6. The minimum absolute atomic E-state index is 0.927. The fraction of sp³-hybridized carbons (Fsp3) is 0.917. The average molecular weight is 2080 g/mol. The van der Waals surface area contributed by atoms with E-state index in [0.29, 0.717) is 0 Å². The van der Waals surface area contributed by atoms with E-state index in [1.807, 2.05) is 0 Å². The van der Waals surface area contributed by atoms with Gasteiger partial charge in [-0.05, 0) is 0 Å². The van der Waals surface area contributed by atoms with E-state index in [9.17, 15) is 217 Å². The molecule has 0 spiro atoms. The zero-order valence-electron chi connectivity index (χ0n) is 72.0. The van der Waals surface area contributed by atoms with Gasteiger partial charge in [0.25, 0.3) is 23.1 Å². The van der Waals surface area contributed by atoms with Crippen molar-refractivity contribution in [3.05, 3.63) is 0 Å². The predicted octanol–water partition coefficient (Wildman–Crippen LogP) is -24.1. The number of rotatable bonds is 39. The molecule has 140 heavy (non-hydrogen) atoms. The van der Waals surface area contributed by atoms with Gasteiger partial charge in [0.1, 0.15) is 208 Å². The van der Waals surface area contributed by atoms with Gasteiger partial charge in [-0.15, -0.1) is 0 Å². The van der Waals surface area contributed by atoms with E-state index < -0.39 is 452 Å². The minimum atomic E-state index is -5.83. The van der Waals surface area contributed by atoms with Crippen LogP contribution in [0.5, 0.6) is 0 Å². The summed E-state index contributed by atoms with van der Waals surface area (Å²) in [6, 6.07) is -3.53. The topological polar surface area (TPSA) is 1100 Å². The van der Waals surface area contributed by atoms with Crippen LogP contribution in [-0.4, -0.2) is 602 Å². The predicted molar refractivity (Wildman–Crippen MR) is 411 cm³/mol. The largest absolute Gasteiger partial charge is 0.479 e. The Kier molecular flexibility index (Phi) is 38.5. The number of hydrogen-bond donors (Lipinski definition) is 38. The summed E-state index contributed by atoms with van der Waals surface area (Å²) >= 11 is 0. The van der Waals surface area contributed by atoms with E-state index in [1.54, 1.807) is 0 Å². The molecule has 11 aliphatic rings. The zero-order chi connectivity index (χ0) is 104. The lowest BCUT2D eigenvalue weighted by Crippen LogP contribution is -2.70. The lowest BCUT2D eigenvalue weighted by Gasteiger charge is -2.52. The van der Waals surface area contributed by atoms with Crippen molar-refractivity contribution in [2.75, 3.05) is 59.5 Å². The molecule has 0 bridgehead atoms. The molecule has 0 aromatic rings. The summed E-state index contributed by atoms with van der Waals surface area (Å²) in [5, 5.41) is 370. The summed E-state index contributed by atoms with van der Waals surface area (Å²) < 4.78 is 135. The van der Waals surface area contributed by atoms with Crippen molar-refractivity contribution in [1.29, 1.82) is 0 Å². The van der Waals surface area contributed by atoms with E-state index >= 15 is 0 Å². The van der Waals surface area contributed by atoms with E-state index in [-0.39, 0.29) is 0 Å². The number of aliphatic carboxylic acids is 6. The van der Waals surface area contributed by atoms with Gasteiger partial charge in [0.2, 0.25) is 0 Å². The smallest absolute Gasteiger partial charge is 0.470 e. The van der Waals surface area contributed by atoms with Gasteiger partial charge in [0.15, 0.2) is 56.2 Å². The third-order valence-corrected chi connectivity index (χ3v) is 25.6. The fourth-order valence-electron chi connectivity index (χ4n) is 17.1. The van der Waals surface area contributed by atoms with Gasteiger partial charge in [-0.25, -0.2) is 33.3 Å². The molecule has 0 saturated carbocycles. The first-order valence-electron chi connectivity index (χ1n) is 42.6. The van der Waals surface area contributed by atoms with E-state index in [2.05, 4.69) is 0 Å². The molecule has 0 aromatic carbocycles. The van der Waals surface area contributed by atoms with Crippen LogP contribution < -0.4 is 11.5 Å². The number of carbonyl (C=O) groups is 6. The molecule has 11 aliphatic heterocycles. The normalized spacial score (nSPS) is 48.8. The number of phosphoric ester groups is 1. The Bertz CT molecular complexity index is 4140. The highest BCUT2D eigenvalue weighted by molar-refractivity contribution is 7.46. The molecule has 40 N–H and O–H groups in total. The SMILES string of the molecule is N[C@@H]1[C@@H](O)[C@H](O)[C@@H](CO[C@@H]2O[C@H](CO[C@]3(C(=O)O)C[C@@H](O[C@]4(C(=O)O)C[C@@H](O)[C@@H](O)[C@@H]([C@H](O)CO)O4)[C@@H](O[C@H]4O[C@H](CO)[C@@H](O[C@@H]5O[C@H](CO[C@H]6O[C@H](CO[C@H]7O[C@H](CO[C@]8(C(=O)O)C[C@@H](O[C@@H]9O[C@H](CO[C@]%10(C(=O)O)C[C@@H](O)[C@@H](O)[C@@H](C(=O)O)O%10)[C@@H](O)[C@H](O)[C@H]9O)[C@@H](O)[C@@H](C(=O)O)O8)[C@@H](O)[C@H](O)[C@H]7O)[C@@H](O)[C@H](O)[C@H]6O)[C@@H](O)[C@H](O)[C@H]5O)[C@H](O)[C@H]4O)[C@@H]([C@H](O)CO)O3)[C@@H](OP(=O)(O)O)[C@H](O)[C@H]2N)O[C@@H]1O. The van der Waals surface area contributed by atoms with Gasteiger partial charge in [-0.2, -0.15) is 0 Å². The monoisotopic (exact) mass is 2080 g/mol. The van der Waals surface area contributed by atoms with Crippen LogP contribution in [0.15, 0.2) is 0 Å². The molecule has 0 aromatic heterocycles. The quantitative estimate of drug-likeness (QED) is 0.0254. The molecule has 67 nitrogen and oxygen atoms in total. The number of phosphoric acid groups is 1. The Morgan fingerprint density at radius 3 is 1.14 bits per heavy atom. The Morgan fingerprint density at radius 1 is 0.329 bits per heavy atom. The van der Waals surface area contributed by atoms with Crippen molar-refractivity contribution in [3.63, 3.8) is 0 Å². The van der Waals surface area contributed by atoms with Crippen LogP contribution in [0.4, 0.5) is 0 Å². The number of aliphatic hydroxyl groups is 28. The number of ether oxygens (including phenoxy) is 21. The maximum atomic E-state index is 13.9. The van der Waals surface area contributed by atoms with Crippen LogP contribution in [0.3, 0.4) is 0 Å². The standard InChI is InChI=1S/C72H115N2O65P/c73-27-37(90)31(84)21(124-58(27)106)8-118-59-28(74)38(91)52(139-140(115,116)117)26(131-59)13-123-71(67(111)112)4-19(134-72(68(113)114)2-15(79)29(82)49(135-72)16(80)5-75)53(50(136-71)17(81)6-76)133-64-48(101)43(96)51(20(7-77)126-64)132-63-47(100)41(94)33(86)23(129-63)10-120-60-44(97)39(92)32(85)22(127-60)9-119-61-45(98)40(93)34(87)24(128-61)11-122-70(66(109)110)3-18(36(89)55(138-70)57(104)105)125-62-46(99)42(95)35(88)25(130-62)12-121-69(65(107)108)1-14(78)30(83)54(137-69)56(102)103/h14-55,58-64,75-101,106H,1-13,73-74H2,(H,102,103)(H,104,105)(H,107,108)(H,109,110)(H,111,112)(H,113,114)(H2,115,116,117)/t14-,15-,16-,17-,18-,19-,20-,21-,22-,23-,24-,25-,26-,27-,28-,29-,30-,31-,32-,33-,34-,35-,36-,37-,38-,39+,40+,41+,42+,43-,44-,45-,46-,47-,48-,49-,50-,51-,52-,53-,54+,55+,58+,59-,60+,61+,62-,63+,64-,69-,70-,71-,72-/m1/s1. The highest BCUT2D eigenvalue weighted by atomic mass is 31.2. The molecule has 53 atom stereocenters. The van der Waals surface area contributed by atoms with Gasteiger partial charge in [-0.1, -0.05) is 0 Å². The fourth-order valence-corrected chi connectivity index (χ4v) is 17.6. The molecular formula is C72H115N2O65P. The molecule has 0 amide bonds. The molecule has 11 fully saturated rings. The van der Waals surface area contributed by atoms with Crippen LogP contribution in [0.25, 0.3) is 0 Å². The molecule has 0 radical (unpaired) electrons. The lowest BCUT2D eigenvalue weighted by atomic mass is 9.89. The number of carboxylic acid groups (broad SMARTS) is 6. The summed E-state index contributed by atoms with van der Waals surface area (Å²) in [5.41, 5.74) is 11.8. The van der Waals surface area contributed by atoms with Gasteiger partial charge in [0, 0.05) is 25.7 Å². The van der Waals surface area contributed by atoms with Gasteiger partial charge in [-0.3, -0.25) is 4.52 Å². The number of hydrogen-bond acceptors (Lipinski definition) is 59. The summed E-state index contributed by atoms with van der Waals surface area (Å²) in [7, 11) is -5.83. The average Bonchev–Trinajstić information content (AvgIpc) is 0.732. The maximum absolute atomic E-state index is 13.9. The van der Waals surface area contributed by atoms with Crippen LogP contribution in [-0.2, 0) is 137 Å². The molecule has 11 saturated heterocycles. The second-order valence-corrected chi connectivity index (χ2v) is 35.8. The molecule has 68 heteroatoms.